The highest BCUT2D eigenvalue weighted by atomic mass is 19.1. The Labute approximate surface area is 129 Å². The SMILES string of the molecule is C[C@H](N)C(=O)O[C@@H](C)[C@H](c1ccccc1)c1ccc(F)cc1. The number of carbonyl (C=O) groups excluding carboxylic acids is 1. The van der Waals surface area contributed by atoms with Gasteiger partial charge in [-0.2, -0.15) is 0 Å². The number of halogens is 1. The standard InChI is InChI=1S/C18H20FNO2/c1-12(20)18(21)22-13(2)17(14-6-4-3-5-7-14)15-8-10-16(19)11-9-15/h3-13,17H,20H2,1-2H3/t12-,13-,17+/m0/s1. The fourth-order valence-electron chi connectivity index (χ4n) is 2.42. The van der Waals surface area contributed by atoms with Gasteiger partial charge in [0.2, 0.25) is 0 Å². The Morgan fingerprint density at radius 2 is 1.55 bits per heavy atom. The van der Waals surface area contributed by atoms with E-state index in [2.05, 4.69) is 0 Å². The van der Waals surface area contributed by atoms with Gasteiger partial charge in [0.1, 0.15) is 18.0 Å². The maximum atomic E-state index is 13.2. The molecular formula is C18H20FNO2. The molecule has 0 bridgehead atoms. The normalized spacial score (nSPS) is 14.9. The lowest BCUT2D eigenvalue weighted by Crippen LogP contribution is -2.33. The molecule has 0 unspecified atom stereocenters. The highest BCUT2D eigenvalue weighted by molar-refractivity contribution is 5.75. The molecule has 0 aliphatic heterocycles. The topological polar surface area (TPSA) is 52.3 Å². The first-order valence-electron chi connectivity index (χ1n) is 7.25. The van der Waals surface area contributed by atoms with Crippen LogP contribution in [0.2, 0.25) is 0 Å². The Hall–Kier alpha value is -2.20. The van der Waals surface area contributed by atoms with Crippen LogP contribution in [-0.4, -0.2) is 18.1 Å². The van der Waals surface area contributed by atoms with Gasteiger partial charge in [0.15, 0.2) is 0 Å². The van der Waals surface area contributed by atoms with Crippen LogP contribution in [-0.2, 0) is 9.53 Å². The Morgan fingerprint density at radius 3 is 2.09 bits per heavy atom. The van der Waals surface area contributed by atoms with Crippen LogP contribution in [0.4, 0.5) is 4.39 Å². The molecule has 2 N–H and O–H groups in total. The fourth-order valence-corrected chi connectivity index (χ4v) is 2.42. The third-order valence-corrected chi connectivity index (χ3v) is 3.53. The fraction of sp³-hybridized carbons (Fsp3) is 0.278. The van der Waals surface area contributed by atoms with E-state index in [-0.39, 0.29) is 11.7 Å². The maximum absolute atomic E-state index is 13.2. The molecule has 0 aromatic heterocycles. The van der Waals surface area contributed by atoms with Gasteiger partial charge in [-0.15, -0.1) is 0 Å². The van der Waals surface area contributed by atoms with Crippen molar-refractivity contribution in [2.45, 2.75) is 31.9 Å². The zero-order chi connectivity index (χ0) is 16.1. The summed E-state index contributed by atoms with van der Waals surface area (Å²) in [6.45, 7) is 3.41. The van der Waals surface area contributed by atoms with E-state index in [9.17, 15) is 9.18 Å². The van der Waals surface area contributed by atoms with Gasteiger partial charge in [-0.05, 0) is 37.1 Å². The van der Waals surface area contributed by atoms with Crippen LogP contribution in [0, 0.1) is 5.82 Å². The lowest BCUT2D eigenvalue weighted by molar-refractivity contribution is -0.149. The van der Waals surface area contributed by atoms with Gasteiger partial charge in [0, 0.05) is 5.92 Å². The molecule has 0 heterocycles. The van der Waals surface area contributed by atoms with E-state index >= 15 is 0 Å². The summed E-state index contributed by atoms with van der Waals surface area (Å²) in [5.41, 5.74) is 7.44. The highest BCUT2D eigenvalue weighted by Crippen LogP contribution is 2.30. The Bertz CT molecular complexity index is 611. The second kappa shape index (κ2) is 7.18. The molecule has 2 aromatic carbocycles. The van der Waals surface area contributed by atoms with Crippen molar-refractivity contribution >= 4 is 5.97 Å². The van der Waals surface area contributed by atoms with E-state index in [1.165, 1.54) is 12.1 Å². The van der Waals surface area contributed by atoms with Gasteiger partial charge in [-0.25, -0.2) is 4.39 Å². The number of ether oxygens (including phenoxy) is 1. The third-order valence-electron chi connectivity index (χ3n) is 3.53. The van der Waals surface area contributed by atoms with E-state index in [1.807, 2.05) is 37.3 Å². The molecule has 0 saturated heterocycles. The van der Waals surface area contributed by atoms with Crippen LogP contribution in [0.25, 0.3) is 0 Å². The minimum atomic E-state index is -0.674. The number of carbonyl (C=O) groups is 1. The third kappa shape index (κ3) is 3.92. The first-order valence-corrected chi connectivity index (χ1v) is 7.25. The Morgan fingerprint density at radius 1 is 1.00 bits per heavy atom. The molecular weight excluding hydrogens is 281 g/mol. The molecule has 0 saturated carbocycles. The average Bonchev–Trinajstić information content (AvgIpc) is 2.50. The van der Waals surface area contributed by atoms with Gasteiger partial charge in [-0.3, -0.25) is 4.79 Å². The van der Waals surface area contributed by atoms with Crippen molar-refractivity contribution in [2.75, 3.05) is 0 Å². The van der Waals surface area contributed by atoms with Crippen molar-refractivity contribution in [2.24, 2.45) is 5.73 Å². The number of benzene rings is 2. The van der Waals surface area contributed by atoms with Crippen molar-refractivity contribution in [3.63, 3.8) is 0 Å². The van der Waals surface area contributed by atoms with E-state index < -0.39 is 18.1 Å². The first-order chi connectivity index (χ1) is 10.5. The van der Waals surface area contributed by atoms with Crippen LogP contribution in [0.5, 0.6) is 0 Å². The van der Waals surface area contributed by atoms with E-state index in [1.54, 1.807) is 19.1 Å². The molecule has 0 radical (unpaired) electrons. The lowest BCUT2D eigenvalue weighted by Gasteiger charge is -2.25. The summed E-state index contributed by atoms with van der Waals surface area (Å²) in [5, 5.41) is 0. The van der Waals surface area contributed by atoms with Crippen molar-refractivity contribution in [3.05, 3.63) is 71.5 Å². The molecule has 3 nitrogen and oxygen atoms in total. The van der Waals surface area contributed by atoms with Gasteiger partial charge >= 0.3 is 5.97 Å². The second-order valence-electron chi connectivity index (χ2n) is 5.37. The van der Waals surface area contributed by atoms with Crippen molar-refractivity contribution < 1.29 is 13.9 Å². The summed E-state index contributed by atoms with van der Waals surface area (Å²) in [5.74, 6) is -0.921. The lowest BCUT2D eigenvalue weighted by atomic mass is 9.87. The molecule has 0 spiro atoms. The summed E-state index contributed by atoms with van der Waals surface area (Å²) in [6, 6.07) is 15.3. The summed E-state index contributed by atoms with van der Waals surface area (Å²) in [4.78, 5) is 11.8. The minimum absolute atomic E-state index is 0.176. The smallest absolute Gasteiger partial charge is 0.322 e. The van der Waals surface area contributed by atoms with Crippen LogP contribution < -0.4 is 5.73 Å². The van der Waals surface area contributed by atoms with Crippen LogP contribution in [0.15, 0.2) is 54.6 Å². The van der Waals surface area contributed by atoms with Gasteiger partial charge in [0.05, 0.1) is 0 Å². The number of hydrogen-bond donors (Lipinski definition) is 1. The average molecular weight is 301 g/mol. The summed E-state index contributed by atoms with van der Waals surface area (Å²) in [6.07, 6.45) is -0.411. The number of rotatable bonds is 5. The van der Waals surface area contributed by atoms with Gasteiger partial charge < -0.3 is 10.5 Å². The predicted molar refractivity (Wildman–Crippen MR) is 83.9 cm³/mol. The second-order valence-corrected chi connectivity index (χ2v) is 5.37. The zero-order valence-corrected chi connectivity index (χ0v) is 12.7. The minimum Gasteiger partial charge on any atom is -0.461 e. The Balaban J connectivity index is 2.33. The first kappa shape index (κ1) is 16.2. The van der Waals surface area contributed by atoms with E-state index in [4.69, 9.17) is 10.5 Å². The number of hydrogen-bond acceptors (Lipinski definition) is 3. The summed E-state index contributed by atoms with van der Waals surface area (Å²) >= 11 is 0. The number of esters is 1. The van der Waals surface area contributed by atoms with Crippen LogP contribution in [0.1, 0.15) is 30.9 Å². The molecule has 0 aliphatic rings. The maximum Gasteiger partial charge on any atom is 0.322 e. The van der Waals surface area contributed by atoms with Gasteiger partial charge in [-0.1, -0.05) is 42.5 Å². The summed E-state index contributed by atoms with van der Waals surface area (Å²) in [7, 11) is 0. The van der Waals surface area contributed by atoms with E-state index in [0.29, 0.717) is 0 Å². The zero-order valence-electron chi connectivity index (χ0n) is 12.7. The van der Waals surface area contributed by atoms with Crippen LogP contribution in [0.3, 0.4) is 0 Å². The molecule has 3 atom stereocenters. The molecule has 0 aliphatic carbocycles. The van der Waals surface area contributed by atoms with Crippen LogP contribution >= 0.6 is 0 Å². The van der Waals surface area contributed by atoms with E-state index in [0.717, 1.165) is 11.1 Å². The number of nitrogens with two attached hydrogens (primary N) is 1. The van der Waals surface area contributed by atoms with Crippen molar-refractivity contribution in [3.8, 4) is 0 Å². The molecule has 0 amide bonds. The summed E-state index contributed by atoms with van der Waals surface area (Å²) < 4.78 is 18.6. The van der Waals surface area contributed by atoms with Crippen molar-refractivity contribution in [1.82, 2.24) is 0 Å². The molecule has 4 heteroatoms. The Kier molecular flexibility index (Phi) is 5.28. The highest BCUT2D eigenvalue weighted by Gasteiger charge is 2.25. The van der Waals surface area contributed by atoms with Gasteiger partial charge in [0.25, 0.3) is 0 Å². The molecule has 2 aromatic rings. The molecule has 116 valence electrons. The predicted octanol–water partition coefficient (Wildman–Crippen LogP) is 3.24. The largest absolute Gasteiger partial charge is 0.461 e. The van der Waals surface area contributed by atoms with Crippen molar-refractivity contribution in [1.29, 1.82) is 0 Å². The monoisotopic (exact) mass is 301 g/mol. The quantitative estimate of drug-likeness (QED) is 0.863. The molecule has 2 rings (SSSR count). The molecule has 22 heavy (non-hydrogen) atoms. The molecule has 0 fully saturated rings.